The number of carbonyl (C=O) groups is 3. The molecule has 7 rings (SSSR count). The number of aromatic nitrogens is 4. The van der Waals surface area contributed by atoms with Crippen LogP contribution >= 0.6 is 0 Å². The van der Waals surface area contributed by atoms with Gasteiger partial charge in [-0.3, -0.25) is 28.4 Å². The molecule has 0 fully saturated rings. The van der Waals surface area contributed by atoms with Crippen molar-refractivity contribution in [1.29, 1.82) is 0 Å². The highest BCUT2D eigenvalue weighted by Gasteiger charge is 2.51. The Bertz CT molecular complexity index is 1750. The van der Waals surface area contributed by atoms with Crippen molar-refractivity contribution in [2.45, 2.75) is 31.3 Å². The van der Waals surface area contributed by atoms with Crippen LogP contribution < -0.4 is 21.2 Å². The smallest absolute Gasteiger partial charge is 0.325 e. The van der Waals surface area contributed by atoms with E-state index < -0.39 is 11.1 Å². The van der Waals surface area contributed by atoms with E-state index in [2.05, 4.69) is 20.6 Å². The van der Waals surface area contributed by atoms with E-state index in [4.69, 9.17) is 0 Å². The van der Waals surface area contributed by atoms with Crippen molar-refractivity contribution in [3.05, 3.63) is 76.0 Å². The lowest BCUT2D eigenvalue weighted by atomic mass is 9.79. The molecule has 3 aliphatic rings. The van der Waals surface area contributed by atoms with Crippen LogP contribution in [0.3, 0.4) is 0 Å². The Morgan fingerprint density at radius 1 is 1.08 bits per heavy atom. The van der Waals surface area contributed by atoms with E-state index in [1.54, 1.807) is 19.3 Å². The first-order valence-electron chi connectivity index (χ1n) is 11.9. The number of pyridine rings is 2. The minimum atomic E-state index is -0.688. The average molecular weight is 495 g/mol. The highest BCUT2D eigenvalue weighted by atomic mass is 16.2. The lowest BCUT2D eigenvalue weighted by Gasteiger charge is -2.22. The quantitative estimate of drug-likeness (QED) is 0.439. The van der Waals surface area contributed by atoms with E-state index in [0.717, 1.165) is 16.7 Å². The van der Waals surface area contributed by atoms with Crippen LogP contribution in [0.5, 0.6) is 0 Å². The molecule has 2 aliphatic heterocycles. The molecule has 0 saturated carbocycles. The molecule has 1 atom stereocenters. The standard InChI is InChI=1S/C26H21N7O4/c1-31-20(35)13-33-21-18(6-8-28-23(21)31)32(25(33)37)12-19(34)29-16-5-4-14-10-26(11-15(14)9-16)17-3-2-7-27-22(17)30-24(26)36/h2-9H,10-13H2,1H3,(H,29,34)(H,27,30,36). The van der Waals surface area contributed by atoms with E-state index >= 15 is 0 Å². The fraction of sp³-hybridized carbons (Fsp3) is 0.231. The topological polar surface area (TPSA) is 131 Å². The summed E-state index contributed by atoms with van der Waals surface area (Å²) in [4.78, 5) is 61.3. The fourth-order valence-electron chi connectivity index (χ4n) is 5.85. The molecule has 11 nitrogen and oxygen atoms in total. The number of hydrogen-bond donors (Lipinski definition) is 2. The maximum Gasteiger partial charge on any atom is 0.330 e. The van der Waals surface area contributed by atoms with Crippen LogP contribution in [0.4, 0.5) is 17.3 Å². The average Bonchev–Trinajstić information content (AvgIpc) is 3.49. The third-order valence-corrected chi connectivity index (χ3v) is 7.66. The zero-order valence-corrected chi connectivity index (χ0v) is 19.8. The normalized spacial score (nSPS) is 19.3. The van der Waals surface area contributed by atoms with Crippen molar-refractivity contribution in [1.82, 2.24) is 19.1 Å². The summed E-state index contributed by atoms with van der Waals surface area (Å²) in [6.45, 7) is -0.315. The Morgan fingerprint density at radius 3 is 2.78 bits per heavy atom. The lowest BCUT2D eigenvalue weighted by molar-refractivity contribution is -0.121. The molecule has 5 heterocycles. The molecule has 0 bridgehead atoms. The number of benzene rings is 1. The molecule has 0 saturated heterocycles. The number of carbonyl (C=O) groups excluding carboxylic acids is 3. The van der Waals surface area contributed by atoms with Crippen LogP contribution in [-0.2, 0) is 45.7 Å². The summed E-state index contributed by atoms with van der Waals surface area (Å²) in [5.41, 5.74) is 3.48. The first kappa shape index (κ1) is 21.5. The molecule has 0 radical (unpaired) electrons. The minimum absolute atomic E-state index is 0.0610. The van der Waals surface area contributed by atoms with Gasteiger partial charge >= 0.3 is 5.69 Å². The highest BCUT2D eigenvalue weighted by Crippen LogP contribution is 2.46. The van der Waals surface area contributed by atoms with Crippen LogP contribution in [0.25, 0.3) is 11.0 Å². The summed E-state index contributed by atoms with van der Waals surface area (Å²) >= 11 is 0. The molecule has 3 aromatic heterocycles. The number of imidazole rings is 1. The highest BCUT2D eigenvalue weighted by molar-refractivity contribution is 6.06. The molecule has 11 heteroatoms. The Balaban J connectivity index is 1.16. The monoisotopic (exact) mass is 495 g/mol. The van der Waals surface area contributed by atoms with Gasteiger partial charge in [0.25, 0.3) is 0 Å². The van der Waals surface area contributed by atoms with Crippen LogP contribution in [0.15, 0.2) is 53.6 Å². The number of nitrogens with one attached hydrogen (secondary N) is 2. The zero-order chi connectivity index (χ0) is 25.5. The summed E-state index contributed by atoms with van der Waals surface area (Å²) in [6, 6.07) is 11.1. The Hall–Kier alpha value is -4.80. The second kappa shape index (κ2) is 7.36. The van der Waals surface area contributed by atoms with Crippen molar-refractivity contribution in [3.63, 3.8) is 0 Å². The molecule has 184 valence electrons. The predicted molar refractivity (Wildman–Crippen MR) is 134 cm³/mol. The van der Waals surface area contributed by atoms with Gasteiger partial charge in [-0.15, -0.1) is 0 Å². The maximum absolute atomic E-state index is 13.1. The van der Waals surface area contributed by atoms with Gasteiger partial charge in [0.1, 0.15) is 24.4 Å². The van der Waals surface area contributed by atoms with Gasteiger partial charge in [-0.2, -0.15) is 0 Å². The van der Waals surface area contributed by atoms with Crippen molar-refractivity contribution in [2.24, 2.45) is 0 Å². The second-order valence-corrected chi connectivity index (χ2v) is 9.73. The van der Waals surface area contributed by atoms with Gasteiger partial charge in [-0.25, -0.2) is 14.8 Å². The fourth-order valence-corrected chi connectivity index (χ4v) is 5.85. The summed E-state index contributed by atoms with van der Waals surface area (Å²) < 4.78 is 2.72. The Kier molecular flexibility index (Phi) is 4.27. The van der Waals surface area contributed by atoms with E-state index in [9.17, 15) is 19.2 Å². The third-order valence-electron chi connectivity index (χ3n) is 7.66. The molecule has 1 aliphatic carbocycles. The molecule has 4 aromatic rings. The lowest BCUT2D eigenvalue weighted by Crippen LogP contribution is -2.38. The number of amides is 3. The summed E-state index contributed by atoms with van der Waals surface area (Å²) in [5, 5.41) is 5.78. The van der Waals surface area contributed by atoms with Gasteiger partial charge < -0.3 is 10.6 Å². The minimum Gasteiger partial charge on any atom is -0.325 e. The number of nitrogens with zero attached hydrogens (tertiary/aromatic N) is 5. The van der Waals surface area contributed by atoms with Gasteiger partial charge in [0, 0.05) is 30.7 Å². The molecular weight excluding hydrogens is 474 g/mol. The van der Waals surface area contributed by atoms with E-state index in [-0.39, 0.29) is 30.8 Å². The Morgan fingerprint density at radius 2 is 1.92 bits per heavy atom. The van der Waals surface area contributed by atoms with Gasteiger partial charge in [-0.1, -0.05) is 12.1 Å². The summed E-state index contributed by atoms with van der Waals surface area (Å²) in [5.74, 6) is 0.314. The van der Waals surface area contributed by atoms with Gasteiger partial charge in [0.15, 0.2) is 5.82 Å². The van der Waals surface area contributed by atoms with Crippen LogP contribution in [-0.4, -0.2) is 43.9 Å². The number of rotatable bonds is 3. The number of fused-ring (bicyclic) bond motifs is 3. The summed E-state index contributed by atoms with van der Waals surface area (Å²) in [6.07, 6.45) is 4.27. The van der Waals surface area contributed by atoms with Gasteiger partial charge in [0.05, 0.1) is 10.9 Å². The van der Waals surface area contributed by atoms with E-state index in [1.165, 1.54) is 20.2 Å². The van der Waals surface area contributed by atoms with Crippen LogP contribution in [0.2, 0.25) is 0 Å². The molecular formula is C26H21N7O4. The second-order valence-electron chi connectivity index (χ2n) is 9.73. The van der Waals surface area contributed by atoms with E-state index in [1.807, 2.05) is 30.3 Å². The molecule has 37 heavy (non-hydrogen) atoms. The van der Waals surface area contributed by atoms with E-state index in [0.29, 0.717) is 41.2 Å². The van der Waals surface area contributed by atoms with Crippen molar-refractivity contribution in [3.8, 4) is 0 Å². The molecule has 1 aromatic carbocycles. The SMILES string of the molecule is CN1C(=O)Cn2c(=O)n(CC(=O)Nc3ccc4c(c3)CC3(C4)C(=O)Nc4ncccc43)c3ccnc1c32. The first-order chi connectivity index (χ1) is 17.9. The number of anilines is 3. The van der Waals surface area contributed by atoms with Crippen LogP contribution in [0.1, 0.15) is 16.7 Å². The van der Waals surface area contributed by atoms with Crippen LogP contribution in [0, 0.1) is 0 Å². The largest absolute Gasteiger partial charge is 0.330 e. The summed E-state index contributed by atoms with van der Waals surface area (Å²) in [7, 11) is 1.62. The number of likely N-dealkylation sites (N-methyl/N-ethyl adjacent to an activating group) is 1. The number of hydrogen-bond acceptors (Lipinski definition) is 6. The molecule has 1 unspecified atom stereocenters. The van der Waals surface area contributed by atoms with Crippen molar-refractivity contribution < 1.29 is 14.4 Å². The first-order valence-corrected chi connectivity index (χ1v) is 11.9. The zero-order valence-electron chi connectivity index (χ0n) is 19.8. The van der Waals surface area contributed by atoms with Gasteiger partial charge in [0.2, 0.25) is 17.7 Å². The maximum atomic E-state index is 13.1. The third kappa shape index (κ3) is 2.94. The predicted octanol–water partition coefficient (Wildman–Crippen LogP) is 1.20. The van der Waals surface area contributed by atoms with Crippen molar-refractivity contribution in [2.75, 3.05) is 22.6 Å². The van der Waals surface area contributed by atoms with Gasteiger partial charge in [-0.05, 0) is 48.2 Å². The Labute approximate surface area is 209 Å². The molecule has 2 N–H and O–H groups in total. The molecule has 1 spiro atoms. The molecule has 3 amide bonds. The van der Waals surface area contributed by atoms with Crippen molar-refractivity contribution >= 4 is 46.1 Å².